The van der Waals surface area contributed by atoms with Crippen LogP contribution in [0.4, 0.5) is 0 Å². The molecule has 3 atom stereocenters. The van der Waals surface area contributed by atoms with Crippen LogP contribution in [-0.2, 0) is 21.4 Å². The van der Waals surface area contributed by atoms with Crippen molar-refractivity contribution in [2.24, 2.45) is 11.8 Å². The van der Waals surface area contributed by atoms with Crippen LogP contribution in [0.3, 0.4) is 0 Å². The molecule has 2 aromatic rings. The molecule has 1 saturated heterocycles. The number of nitrogens with zero attached hydrogens (tertiary/aromatic N) is 2. The van der Waals surface area contributed by atoms with E-state index in [-0.39, 0.29) is 11.9 Å². The van der Waals surface area contributed by atoms with Gasteiger partial charge in [-0.3, -0.25) is 4.79 Å². The Morgan fingerprint density at radius 2 is 1.87 bits per heavy atom. The number of fused-ring (bicyclic) bond motifs is 1. The summed E-state index contributed by atoms with van der Waals surface area (Å²) >= 11 is 0. The third-order valence-electron chi connectivity index (χ3n) is 7.08. The molecule has 0 spiro atoms. The zero-order valence-corrected chi connectivity index (χ0v) is 18.8. The maximum Gasteiger partial charge on any atom is 0.243 e. The number of aromatic nitrogens is 1. The molecule has 1 aromatic carbocycles. The molecule has 0 bridgehead atoms. The van der Waals surface area contributed by atoms with Crippen molar-refractivity contribution < 1.29 is 13.2 Å². The molecular weight excluding hydrogens is 398 g/mol. The van der Waals surface area contributed by atoms with Gasteiger partial charge in [0.05, 0.1) is 4.90 Å². The fraction of sp³-hybridized carbons (Fsp3) is 0.609. The maximum atomic E-state index is 12.8. The van der Waals surface area contributed by atoms with Crippen LogP contribution in [0, 0.1) is 11.8 Å². The van der Waals surface area contributed by atoms with Gasteiger partial charge in [-0.1, -0.05) is 26.7 Å². The highest BCUT2D eigenvalue weighted by molar-refractivity contribution is 7.89. The molecule has 1 aliphatic carbocycles. The van der Waals surface area contributed by atoms with E-state index in [0.29, 0.717) is 42.8 Å². The highest BCUT2D eigenvalue weighted by Crippen LogP contribution is 2.29. The molecule has 0 unspecified atom stereocenters. The Labute approximate surface area is 179 Å². The number of sulfonamides is 1. The van der Waals surface area contributed by atoms with Crippen molar-refractivity contribution in [2.45, 2.75) is 69.9 Å². The van der Waals surface area contributed by atoms with Crippen molar-refractivity contribution in [2.75, 3.05) is 13.1 Å². The molecule has 164 valence electrons. The molecule has 1 aliphatic heterocycles. The summed E-state index contributed by atoms with van der Waals surface area (Å²) in [5.41, 5.74) is 0.961. The van der Waals surface area contributed by atoms with Gasteiger partial charge in [0.15, 0.2) is 0 Å². The van der Waals surface area contributed by atoms with Crippen molar-refractivity contribution >= 4 is 26.8 Å². The lowest BCUT2D eigenvalue weighted by atomic mass is 9.78. The summed E-state index contributed by atoms with van der Waals surface area (Å²) in [5, 5.41) is 4.13. The minimum atomic E-state index is -3.41. The maximum absolute atomic E-state index is 12.8. The van der Waals surface area contributed by atoms with Crippen molar-refractivity contribution in [1.82, 2.24) is 14.2 Å². The number of aryl methyl sites for hydroxylation is 1. The van der Waals surface area contributed by atoms with Crippen molar-refractivity contribution in [1.29, 1.82) is 0 Å². The SMILES string of the molecule is C[C@H]1[C@H](C)CCC[C@@H]1NC(=O)CCn1ccc2cc(S(=O)(=O)N3CCCC3)ccc21. The molecule has 1 N–H and O–H groups in total. The normalized spacial score (nSPS) is 25.6. The van der Waals surface area contributed by atoms with E-state index in [4.69, 9.17) is 0 Å². The molecule has 1 saturated carbocycles. The lowest BCUT2D eigenvalue weighted by Gasteiger charge is -2.34. The zero-order valence-electron chi connectivity index (χ0n) is 18.0. The number of hydrogen-bond acceptors (Lipinski definition) is 3. The number of benzene rings is 1. The largest absolute Gasteiger partial charge is 0.353 e. The van der Waals surface area contributed by atoms with E-state index in [1.807, 2.05) is 22.9 Å². The molecule has 7 heteroatoms. The van der Waals surface area contributed by atoms with Crippen LogP contribution >= 0.6 is 0 Å². The summed E-state index contributed by atoms with van der Waals surface area (Å²) < 4.78 is 29.2. The molecule has 2 fully saturated rings. The van der Waals surface area contributed by atoms with Gasteiger partial charge in [-0.25, -0.2) is 8.42 Å². The average Bonchev–Trinajstić information content (AvgIpc) is 3.40. The number of rotatable bonds is 6. The lowest BCUT2D eigenvalue weighted by Crippen LogP contribution is -2.43. The van der Waals surface area contributed by atoms with Crippen LogP contribution in [-0.4, -0.2) is 42.3 Å². The van der Waals surface area contributed by atoms with Crippen molar-refractivity contribution in [3.63, 3.8) is 0 Å². The predicted molar refractivity (Wildman–Crippen MR) is 119 cm³/mol. The smallest absolute Gasteiger partial charge is 0.243 e. The molecule has 0 radical (unpaired) electrons. The molecule has 2 aliphatic rings. The van der Waals surface area contributed by atoms with E-state index < -0.39 is 10.0 Å². The minimum absolute atomic E-state index is 0.0935. The van der Waals surface area contributed by atoms with Gasteiger partial charge in [-0.15, -0.1) is 0 Å². The van der Waals surface area contributed by atoms with Crippen LogP contribution in [0.15, 0.2) is 35.4 Å². The molecule has 4 rings (SSSR count). The predicted octanol–water partition coefficient (Wildman–Crippen LogP) is 3.76. The molecule has 1 amide bonds. The van der Waals surface area contributed by atoms with Gasteiger partial charge in [0.1, 0.15) is 0 Å². The molecule has 2 heterocycles. The second-order valence-corrected chi connectivity index (χ2v) is 11.0. The standard InChI is InChI=1S/C23H33N3O3S/c1-17-6-5-7-21(18(17)2)24-23(27)11-15-25-14-10-19-16-20(8-9-22(19)25)30(28,29)26-12-3-4-13-26/h8-10,14,16-18,21H,3-7,11-13,15H2,1-2H3,(H,24,27)/t17-,18+,21+/m1/s1. The third kappa shape index (κ3) is 4.28. The summed E-state index contributed by atoms with van der Waals surface area (Å²) in [7, 11) is -3.41. The summed E-state index contributed by atoms with van der Waals surface area (Å²) in [6, 6.07) is 7.52. The van der Waals surface area contributed by atoms with E-state index in [9.17, 15) is 13.2 Å². The van der Waals surface area contributed by atoms with E-state index >= 15 is 0 Å². The number of nitrogens with one attached hydrogen (secondary N) is 1. The van der Waals surface area contributed by atoms with E-state index in [1.54, 1.807) is 16.4 Å². The summed E-state index contributed by atoms with van der Waals surface area (Å²) in [6.07, 6.45) is 7.72. The van der Waals surface area contributed by atoms with E-state index in [2.05, 4.69) is 19.2 Å². The first-order valence-electron chi connectivity index (χ1n) is 11.2. The molecule has 30 heavy (non-hydrogen) atoms. The lowest BCUT2D eigenvalue weighted by molar-refractivity contribution is -0.122. The highest BCUT2D eigenvalue weighted by Gasteiger charge is 2.29. The number of amides is 1. The van der Waals surface area contributed by atoms with Gasteiger partial charge in [0, 0.05) is 49.2 Å². The molecule has 6 nitrogen and oxygen atoms in total. The average molecular weight is 432 g/mol. The van der Waals surface area contributed by atoms with E-state index in [0.717, 1.165) is 30.2 Å². The van der Waals surface area contributed by atoms with E-state index in [1.165, 1.54) is 12.8 Å². The third-order valence-corrected chi connectivity index (χ3v) is 8.97. The van der Waals surface area contributed by atoms with Crippen LogP contribution in [0.5, 0.6) is 0 Å². The van der Waals surface area contributed by atoms with Gasteiger partial charge >= 0.3 is 0 Å². The zero-order chi connectivity index (χ0) is 21.3. The molecule has 1 aromatic heterocycles. The first-order valence-corrected chi connectivity index (χ1v) is 12.7. The van der Waals surface area contributed by atoms with Crippen LogP contribution in [0.1, 0.15) is 52.4 Å². The van der Waals surface area contributed by atoms with Gasteiger partial charge in [-0.2, -0.15) is 4.31 Å². The second kappa shape index (κ2) is 8.71. The number of carbonyl (C=O) groups excluding carboxylic acids is 1. The minimum Gasteiger partial charge on any atom is -0.353 e. The van der Waals surface area contributed by atoms with Gasteiger partial charge < -0.3 is 9.88 Å². The number of hydrogen-bond donors (Lipinski definition) is 1. The van der Waals surface area contributed by atoms with Crippen molar-refractivity contribution in [3.05, 3.63) is 30.5 Å². The summed E-state index contributed by atoms with van der Waals surface area (Å²) in [4.78, 5) is 12.9. The Bertz CT molecular complexity index is 1010. The quantitative estimate of drug-likeness (QED) is 0.757. The first-order chi connectivity index (χ1) is 14.4. The van der Waals surface area contributed by atoms with Crippen LogP contribution in [0.2, 0.25) is 0 Å². The van der Waals surface area contributed by atoms with Gasteiger partial charge in [0.2, 0.25) is 15.9 Å². The van der Waals surface area contributed by atoms with Crippen LogP contribution in [0.25, 0.3) is 10.9 Å². The summed E-state index contributed by atoms with van der Waals surface area (Å²) in [5.74, 6) is 1.27. The van der Waals surface area contributed by atoms with Gasteiger partial charge in [0.25, 0.3) is 0 Å². The van der Waals surface area contributed by atoms with Crippen LogP contribution < -0.4 is 5.32 Å². The fourth-order valence-corrected chi connectivity index (χ4v) is 6.45. The Balaban J connectivity index is 1.41. The Kier molecular flexibility index (Phi) is 6.21. The second-order valence-electron chi connectivity index (χ2n) is 9.03. The Morgan fingerprint density at radius 1 is 1.10 bits per heavy atom. The topological polar surface area (TPSA) is 71.4 Å². The highest BCUT2D eigenvalue weighted by atomic mass is 32.2. The fourth-order valence-electron chi connectivity index (χ4n) is 4.90. The Morgan fingerprint density at radius 3 is 2.63 bits per heavy atom. The summed E-state index contributed by atoms with van der Waals surface area (Å²) in [6.45, 7) is 6.31. The van der Waals surface area contributed by atoms with Gasteiger partial charge in [-0.05, 0) is 55.4 Å². The molecular formula is C23H33N3O3S. The number of carbonyl (C=O) groups is 1. The van der Waals surface area contributed by atoms with Crippen molar-refractivity contribution in [3.8, 4) is 0 Å². The monoisotopic (exact) mass is 431 g/mol. The first kappa shape index (κ1) is 21.4. The Hall–Kier alpha value is -1.86.